The zero-order valence-corrected chi connectivity index (χ0v) is 18.2. The van der Waals surface area contributed by atoms with Crippen molar-refractivity contribution < 1.29 is 13.2 Å². The van der Waals surface area contributed by atoms with Gasteiger partial charge in [0.15, 0.2) is 5.96 Å². The minimum Gasteiger partial charge on any atom is -0.372 e. The number of benzene rings is 2. The molecule has 0 aliphatic carbocycles. The van der Waals surface area contributed by atoms with Crippen LogP contribution in [-0.4, -0.2) is 39.5 Å². The summed E-state index contributed by atoms with van der Waals surface area (Å²) in [5.74, 6) is 0.797. The molecule has 2 aromatic carbocycles. The quantitative estimate of drug-likeness (QED) is 0.459. The van der Waals surface area contributed by atoms with Gasteiger partial charge in [-0.05, 0) is 30.0 Å². The lowest BCUT2D eigenvalue weighted by molar-refractivity contribution is 0.106. The van der Waals surface area contributed by atoms with Crippen LogP contribution in [0.3, 0.4) is 0 Å². The number of aliphatic imine (C=N–C) groups is 1. The van der Waals surface area contributed by atoms with Crippen LogP contribution in [0.5, 0.6) is 0 Å². The molecule has 29 heavy (non-hydrogen) atoms. The van der Waals surface area contributed by atoms with Crippen molar-refractivity contribution in [2.24, 2.45) is 4.99 Å². The third kappa shape index (κ3) is 9.11. The number of guanidine groups is 1. The summed E-state index contributed by atoms with van der Waals surface area (Å²) in [4.78, 5) is 4.23. The second-order valence-corrected chi connectivity index (χ2v) is 9.40. The zero-order chi connectivity index (χ0) is 21.1. The van der Waals surface area contributed by atoms with Crippen LogP contribution in [0.4, 0.5) is 0 Å². The summed E-state index contributed by atoms with van der Waals surface area (Å²) >= 11 is 0. The van der Waals surface area contributed by atoms with Crippen molar-refractivity contribution in [1.29, 1.82) is 0 Å². The Morgan fingerprint density at radius 1 is 1.03 bits per heavy atom. The molecule has 0 saturated carbocycles. The van der Waals surface area contributed by atoms with Gasteiger partial charge in [0.25, 0.3) is 0 Å². The fraction of sp³-hybridized carbons (Fsp3) is 0.409. The van der Waals surface area contributed by atoms with Crippen molar-refractivity contribution in [2.45, 2.75) is 39.1 Å². The maximum atomic E-state index is 11.3. The van der Waals surface area contributed by atoms with E-state index in [2.05, 4.69) is 27.8 Å². The first-order valence-electron chi connectivity index (χ1n) is 9.70. The first kappa shape index (κ1) is 22.9. The molecule has 0 bridgehead atoms. The molecule has 6 nitrogen and oxygen atoms in total. The molecule has 1 atom stereocenters. The van der Waals surface area contributed by atoms with Crippen molar-refractivity contribution in [3.63, 3.8) is 0 Å². The Labute approximate surface area is 174 Å². The highest BCUT2D eigenvalue weighted by atomic mass is 32.2. The molecule has 0 spiro atoms. The van der Waals surface area contributed by atoms with E-state index in [4.69, 9.17) is 4.74 Å². The minimum absolute atomic E-state index is 0.000347. The summed E-state index contributed by atoms with van der Waals surface area (Å²) in [6, 6.07) is 18.2. The van der Waals surface area contributed by atoms with Gasteiger partial charge in [0.1, 0.15) is 9.84 Å². The van der Waals surface area contributed by atoms with E-state index in [1.54, 1.807) is 7.05 Å². The summed E-state index contributed by atoms with van der Waals surface area (Å²) in [7, 11) is -1.26. The van der Waals surface area contributed by atoms with Crippen molar-refractivity contribution in [1.82, 2.24) is 10.6 Å². The molecular weight excluding hydrogens is 386 g/mol. The Morgan fingerprint density at radius 2 is 1.69 bits per heavy atom. The first-order chi connectivity index (χ1) is 13.9. The molecule has 2 N–H and O–H groups in total. The molecule has 0 fully saturated rings. The molecule has 0 aliphatic rings. The smallest absolute Gasteiger partial charge is 0.191 e. The van der Waals surface area contributed by atoms with Crippen molar-refractivity contribution >= 4 is 15.8 Å². The van der Waals surface area contributed by atoms with E-state index in [-0.39, 0.29) is 11.8 Å². The van der Waals surface area contributed by atoms with Gasteiger partial charge in [-0.1, -0.05) is 54.6 Å². The van der Waals surface area contributed by atoms with Gasteiger partial charge in [0.05, 0.1) is 19.0 Å². The Balaban J connectivity index is 1.85. The van der Waals surface area contributed by atoms with Crippen LogP contribution in [0.1, 0.15) is 30.0 Å². The summed E-state index contributed by atoms with van der Waals surface area (Å²) in [5, 5.41) is 6.53. The number of ether oxygens (including phenoxy) is 1. The highest BCUT2D eigenvalue weighted by Gasteiger charge is 2.10. The van der Waals surface area contributed by atoms with Gasteiger partial charge in [0.2, 0.25) is 0 Å². The molecule has 0 amide bonds. The van der Waals surface area contributed by atoms with Crippen molar-refractivity contribution in [2.75, 3.05) is 19.1 Å². The van der Waals surface area contributed by atoms with Gasteiger partial charge in [-0.25, -0.2) is 8.42 Å². The number of sulfone groups is 1. The number of hydrogen-bond acceptors (Lipinski definition) is 4. The Kier molecular flexibility index (Phi) is 9.15. The summed E-state index contributed by atoms with van der Waals surface area (Å²) < 4.78 is 28.5. The molecule has 0 aliphatic heterocycles. The summed E-state index contributed by atoms with van der Waals surface area (Å²) in [6.45, 7) is 3.65. The normalized spacial score (nSPS) is 13.1. The second kappa shape index (κ2) is 11.6. The van der Waals surface area contributed by atoms with Gasteiger partial charge in [-0.15, -0.1) is 0 Å². The molecule has 1 unspecified atom stereocenters. The predicted octanol–water partition coefficient (Wildman–Crippen LogP) is 2.89. The molecule has 0 aromatic heterocycles. The van der Waals surface area contributed by atoms with E-state index in [9.17, 15) is 8.42 Å². The summed E-state index contributed by atoms with van der Waals surface area (Å²) in [6.07, 6.45) is 1.78. The maximum absolute atomic E-state index is 11.3. The van der Waals surface area contributed by atoms with Crippen LogP contribution >= 0.6 is 0 Å². The molecule has 2 rings (SSSR count). The van der Waals surface area contributed by atoms with Gasteiger partial charge >= 0.3 is 0 Å². The lowest BCUT2D eigenvalue weighted by Crippen LogP contribution is -2.42. The number of nitrogens with zero attached hydrogens (tertiary/aromatic N) is 1. The van der Waals surface area contributed by atoms with Crippen LogP contribution in [0, 0.1) is 0 Å². The zero-order valence-electron chi connectivity index (χ0n) is 17.4. The van der Waals surface area contributed by atoms with Gasteiger partial charge in [-0.3, -0.25) is 4.99 Å². The fourth-order valence-electron chi connectivity index (χ4n) is 2.79. The van der Waals surface area contributed by atoms with Gasteiger partial charge in [-0.2, -0.15) is 0 Å². The van der Waals surface area contributed by atoms with Crippen molar-refractivity contribution in [3.8, 4) is 0 Å². The van der Waals surface area contributed by atoms with E-state index in [0.717, 1.165) is 16.7 Å². The second-order valence-electron chi connectivity index (χ2n) is 7.14. The minimum atomic E-state index is -2.97. The lowest BCUT2D eigenvalue weighted by atomic mass is 10.1. The number of hydrogen-bond donors (Lipinski definition) is 2. The number of rotatable bonds is 10. The van der Waals surface area contributed by atoms with Crippen LogP contribution in [0.2, 0.25) is 0 Å². The molecule has 0 saturated heterocycles. The van der Waals surface area contributed by atoms with Crippen LogP contribution in [0.15, 0.2) is 59.6 Å². The van der Waals surface area contributed by atoms with E-state index < -0.39 is 9.84 Å². The monoisotopic (exact) mass is 417 g/mol. The first-order valence-corrected chi connectivity index (χ1v) is 11.8. The number of nitrogens with one attached hydrogen (secondary N) is 2. The maximum Gasteiger partial charge on any atom is 0.191 e. The fourth-order valence-corrected chi connectivity index (χ4v) is 3.58. The van der Waals surface area contributed by atoms with Crippen LogP contribution in [-0.2, 0) is 34.3 Å². The predicted molar refractivity (Wildman–Crippen MR) is 119 cm³/mol. The standard InChI is InChI=1S/C22H31N3O3S/c1-18(13-14-29(3,26)27)25-22(23-2)24-15-20-11-7-8-12-21(20)17-28-16-19-9-5-4-6-10-19/h4-12,18H,13-17H2,1-3H3,(H2,23,24,25). The lowest BCUT2D eigenvalue weighted by Gasteiger charge is -2.18. The Hall–Kier alpha value is -2.38. The largest absolute Gasteiger partial charge is 0.372 e. The van der Waals surface area contributed by atoms with E-state index >= 15 is 0 Å². The highest BCUT2D eigenvalue weighted by Crippen LogP contribution is 2.12. The Bertz CT molecular complexity index is 883. The van der Waals surface area contributed by atoms with Crippen molar-refractivity contribution in [3.05, 3.63) is 71.3 Å². The molecule has 0 radical (unpaired) electrons. The van der Waals surface area contributed by atoms with Gasteiger partial charge < -0.3 is 15.4 Å². The summed E-state index contributed by atoms with van der Waals surface area (Å²) in [5.41, 5.74) is 3.40. The Morgan fingerprint density at radius 3 is 2.34 bits per heavy atom. The third-order valence-corrected chi connectivity index (χ3v) is 5.44. The van der Waals surface area contributed by atoms with Gasteiger partial charge in [0, 0.05) is 25.9 Å². The van der Waals surface area contributed by atoms with E-state index in [1.165, 1.54) is 6.26 Å². The molecule has 7 heteroatoms. The average molecular weight is 418 g/mol. The molecule has 158 valence electrons. The molecule has 2 aromatic rings. The topological polar surface area (TPSA) is 79.8 Å². The molecule has 0 heterocycles. The SMILES string of the molecule is CN=C(NCc1ccccc1COCc1ccccc1)NC(C)CCS(C)(=O)=O. The van der Waals surface area contributed by atoms with E-state index in [1.807, 2.05) is 49.4 Å². The molecular formula is C22H31N3O3S. The highest BCUT2D eigenvalue weighted by molar-refractivity contribution is 7.90. The van der Waals surface area contributed by atoms with Crippen LogP contribution < -0.4 is 10.6 Å². The average Bonchev–Trinajstić information content (AvgIpc) is 2.70. The third-order valence-electron chi connectivity index (χ3n) is 4.46. The van der Waals surface area contributed by atoms with Crippen LogP contribution in [0.25, 0.3) is 0 Å². The van der Waals surface area contributed by atoms with E-state index in [0.29, 0.717) is 32.1 Å².